The van der Waals surface area contributed by atoms with Crippen molar-refractivity contribution in [1.29, 1.82) is 0 Å². The van der Waals surface area contributed by atoms with E-state index >= 15 is 0 Å². The van der Waals surface area contributed by atoms with Gasteiger partial charge < -0.3 is 82.4 Å². The van der Waals surface area contributed by atoms with Gasteiger partial charge in [-0.3, -0.25) is 27.3 Å². The summed E-state index contributed by atoms with van der Waals surface area (Å²) in [5.41, 5.74) is 0. The van der Waals surface area contributed by atoms with E-state index < -0.39 is 209 Å². The molecule has 0 saturated carbocycles. The van der Waals surface area contributed by atoms with Gasteiger partial charge in [0.1, 0.15) is 67.0 Å². The van der Waals surface area contributed by atoms with Gasteiger partial charge in [-0.1, -0.05) is 0 Å². The van der Waals surface area contributed by atoms with Crippen LogP contribution in [0.15, 0.2) is 11.5 Å². The molecule has 0 aromatic heterocycles. The summed E-state index contributed by atoms with van der Waals surface area (Å²) >= 11 is 0. The molecule has 41 nitrogen and oxygen atoms in total. The number of ether oxygens (including phenoxy) is 7. The van der Waals surface area contributed by atoms with Gasteiger partial charge >= 0.3 is 74.1 Å². The second-order valence-corrected chi connectivity index (χ2v) is 20.7. The van der Waals surface area contributed by atoms with E-state index in [1.165, 1.54) is 9.44 Å². The molecular weight excluding hydrogens is 1130 g/mol. The highest BCUT2D eigenvalue weighted by Gasteiger charge is 2.59. The molecule has 3 fully saturated rings. The standard InChI is InChI=1S/C24H38N2O39S6/c27-1-3-12(7(29)5(19(34)55-3)25-66(37,38)39)57-24-17(63-69(46,47)48)11(33)14(18(61-24)21(36)65-71(52,53)54)59-22-6(26-67(40,41)42)8(30)13(4(2-28)56-22)58-23-16(62-68(43,44)45)10(32)9(31)15(60-23)20(35)64-70(49,50)51/h3-8,10-14,16-19,22-34H,1-2H2,(H,37,38,39)(H,40,41,42)(H,43,44,45)(H,46,47,48)(H,49,50,51)(H,52,53,54)/t3-,4-,5-,6-,7-,8-,10+,11+,12-,13-,14+,16-,17-,18-,19+,22-,23+,24-/m1/s1. The van der Waals surface area contributed by atoms with Crippen molar-refractivity contribution < 1.29 is 178 Å². The molecule has 414 valence electrons. The van der Waals surface area contributed by atoms with Crippen LogP contribution in [0.5, 0.6) is 0 Å². The molecule has 4 rings (SSSR count). The second kappa shape index (κ2) is 22.5. The van der Waals surface area contributed by atoms with Crippen molar-refractivity contribution in [2.45, 2.75) is 110 Å². The number of hydrogen-bond donors (Lipinski definition) is 16. The molecule has 71 heavy (non-hydrogen) atoms. The van der Waals surface area contributed by atoms with Crippen molar-refractivity contribution in [2.24, 2.45) is 0 Å². The molecule has 4 aliphatic heterocycles. The first kappa shape index (κ1) is 60.6. The van der Waals surface area contributed by atoms with E-state index in [4.69, 9.17) is 37.7 Å². The predicted octanol–water partition coefficient (Wildman–Crippen LogP) is -11.5. The molecule has 18 atom stereocenters. The van der Waals surface area contributed by atoms with Crippen molar-refractivity contribution in [3.63, 3.8) is 0 Å². The maximum absolute atomic E-state index is 13.3. The van der Waals surface area contributed by atoms with Gasteiger partial charge in [0, 0.05) is 0 Å². The average Bonchev–Trinajstić information content (AvgIpc) is 3.18. The van der Waals surface area contributed by atoms with E-state index in [1.54, 1.807) is 0 Å². The smallest absolute Gasteiger partial charge is 0.449 e. The minimum Gasteiger partial charge on any atom is -0.506 e. The third-order valence-corrected chi connectivity index (χ3v) is 12.1. The quantitative estimate of drug-likeness (QED) is 0.0503. The normalized spacial score (nSPS) is 36.9. The topological polar surface area (TPSA) is 648 Å². The van der Waals surface area contributed by atoms with Crippen molar-refractivity contribution in [1.82, 2.24) is 9.44 Å². The highest BCUT2D eigenvalue weighted by Crippen LogP contribution is 2.37. The van der Waals surface area contributed by atoms with E-state index in [2.05, 4.69) is 16.7 Å². The Morgan fingerprint density at radius 2 is 0.972 bits per heavy atom. The SMILES string of the molecule is O=C(OS(=O)(=O)O)C1=C(O)[C@H](O)[C@@H](OS(=O)(=O)O)[C@@H](O[C@H]2[C@H](O)[C@@H](NS(=O)(=O)O)[C@@H](O[C@H]3[C@H](O)[C@@H](OS(=O)(=O)O)[C@H](O[C@H]4[C@H](O)[C@@H](NS(=O)(=O)O)[C@@H](O)O[C@@H]4CO)O[C@H]3C(=O)OS(=O)(=O)O)O[C@@H]2CO)O1. The van der Waals surface area contributed by atoms with Gasteiger partial charge in [0.25, 0.3) is 0 Å². The van der Waals surface area contributed by atoms with Crippen LogP contribution >= 0.6 is 0 Å². The van der Waals surface area contributed by atoms with Crippen molar-refractivity contribution in [3.05, 3.63) is 11.5 Å². The number of aliphatic hydroxyl groups excluding tert-OH is 8. The minimum absolute atomic E-state index is 1.20. The highest BCUT2D eigenvalue weighted by molar-refractivity contribution is 7.84. The van der Waals surface area contributed by atoms with Crippen LogP contribution in [0.25, 0.3) is 0 Å². The predicted molar refractivity (Wildman–Crippen MR) is 201 cm³/mol. The fraction of sp³-hybridized carbons (Fsp3) is 0.833. The van der Waals surface area contributed by atoms with Gasteiger partial charge in [0.05, 0.1) is 13.2 Å². The summed E-state index contributed by atoms with van der Waals surface area (Å²) in [4.78, 5) is 25.7. The van der Waals surface area contributed by atoms with Crippen LogP contribution < -0.4 is 9.44 Å². The fourth-order valence-electron chi connectivity index (χ4n) is 6.65. The molecule has 16 N–H and O–H groups in total. The lowest BCUT2D eigenvalue weighted by Crippen LogP contribution is -2.70. The van der Waals surface area contributed by atoms with E-state index in [1.807, 2.05) is 0 Å². The second-order valence-electron chi connectivity index (χ2n) is 14.2. The Balaban J connectivity index is 1.81. The number of nitrogens with one attached hydrogen (secondary N) is 2. The van der Waals surface area contributed by atoms with Crippen LogP contribution in [0.3, 0.4) is 0 Å². The third-order valence-electron chi connectivity index (χ3n) is 9.27. The highest BCUT2D eigenvalue weighted by atomic mass is 32.3. The van der Waals surface area contributed by atoms with Crippen molar-refractivity contribution in [2.75, 3.05) is 13.2 Å². The molecule has 0 aromatic rings. The zero-order valence-corrected chi connectivity index (χ0v) is 38.6. The monoisotopic (exact) mass is 1170 g/mol. The molecule has 47 heteroatoms. The fourth-order valence-corrected chi connectivity index (χ4v) is 9.37. The molecule has 0 unspecified atom stereocenters. The number of aliphatic hydroxyl groups is 8. The lowest BCUT2D eigenvalue weighted by atomic mass is 9.95. The van der Waals surface area contributed by atoms with Gasteiger partial charge in [-0.15, -0.1) is 0 Å². The van der Waals surface area contributed by atoms with E-state index in [0.717, 1.165) is 0 Å². The number of carbonyl (C=O) groups is 2. The summed E-state index contributed by atoms with van der Waals surface area (Å²) in [5, 5.41) is 85.1. The molecule has 4 aliphatic rings. The van der Waals surface area contributed by atoms with E-state index in [9.17, 15) is 124 Å². The Hall–Kier alpha value is -2.94. The van der Waals surface area contributed by atoms with Crippen LogP contribution in [-0.2, 0) is 122 Å². The molecule has 3 saturated heterocycles. The van der Waals surface area contributed by atoms with Crippen molar-refractivity contribution >= 4 is 74.1 Å². The number of rotatable bonds is 20. The number of carbonyl (C=O) groups excluding carboxylic acids is 2. The lowest BCUT2D eigenvalue weighted by Gasteiger charge is -2.49. The summed E-state index contributed by atoms with van der Waals surface area (Å²) in [6.07, 6.45) is -45.1. The van der Waals surface area contributed by atoms with Gasteiger partial charge in [0.15, 0.2) is 42.9 Å². The molecule has 0 amide bonds. The van der Waals surface area contributed by atoms with Crippen LogP contribution in [0.2, 0.25) is 0 Å². The maximum atomic E-state index is 13.3. The van der Waals surface area contributed by atoms with Gasteiger partial charge in [-0.05, 0) is 0 Å². The van der Waals surface area contributed by atoms with Crippen LogP contribution in [-0.4, -0.2) is 254 Å². The summed E-state index contributed by atoms with van der Waals surface area (Å²) < 4.78 is 251. The molecule has 0 spiro atoms. The molecule has 0 bridgehead atoms. The van der Waals surface area contributed by atoms with Crippen LogP contribution in [0, 0.1) is 0 Å². The number of hydrogen-bond acceptors (Lipinski definition) is 33. The zero-order chi connectivity index (χ0) is 54.3. The summed E-state index contributed by atoms with van der Waals surface area (Å²) in [7, 11) is -34.9. The first-order valence-corrected chi connectivity index (χ1v) is 26.4. The van der Waals surface area contributed by atoms with E-state index in [-0.39, 0.29) is 0 Å². The minimum atomic E-state index is -6.02. The van der Waals surface area contributed by atoms with Crippen LogP contribution in [0.4, 0.5) is 0 Å². The first-order valence-electron chi connectivity index (χ1n) is 18.0. The summed E-state index contributed by atoms with van der Waals surface area (Å²) in [6, 6.07) is -5.28. The Morgan fingerprint density at radius 3 is 1.45 bits per heavy atom. The lowest BCUT2D eigenvalue weighted by molar-refractivity contribution is -0.362. The van der Waals surface area contributed by atoms with Gasteiger partial charge in [-0.2, -0.15) is 60.0 Å². The Kier molecular flexibility index (Phi) is 19.2. The molecule has 0 aromatic carbocycles. The average molecular weight is 1170 g/mol. The molecule has 0 aliphatic carbocycles. The third kappa shape index (κ3) is 16.5. The Labute approximate surface area is 395 Å². The Morgan fingerprint density at radius 1 is 0.521 bits per heavy atom. The maximum Gasteiger partial charge on any atom is 0.449 e. The molecule has 0 radical (unpaired) electrons. The zero-order valence-electron chi connectivity index (χ0n) is 33.7. The summed E-state index contributed by atoms with van der Waals surface area (Å²) in [6.45, 7) is -2.99. The van der Waals surface area contributed by atoms with Gasteiger partial charge in [0.2, 0.25) is 12.0 Å². The largest absolute Gasteiger partial charge is 0.506 e. The summed E-state index contributed by atoms with van der Waals surface area (Å²) in [5.74, 6) is -8.71. The van der Waals surface area contributed by atoms with Crippen molar-refractivity contribution in [3.8, 4) is 0 Å². The molecular formula is C24H38N2O39S6. The van der Waals surface area contributed by atoms with E-state index in [0.29, 0.717) is 0 Å². The van der Waals surface area contributed by atoms with Crippen LogP contribution in [0.1, 0.15) is 0 Å². The molecule has 4 heterocycles. The van der Waals surface area contributed by atoms with Gasteiger partial charge in [-0.25, -0.2) is 18.0 Å². The Bertz CT molecular complexity index is 2660. The first-order chi connectivity index (χ1) is 32.1.